The van der Waals surface area contributed by atoms with Gasteiger partial charge in [0.15, 0.2) is 0 Å². The number of carbonyl (C=O) groups is 1. The molecule has 104 valence electrons. The average molecular weight is 278 g/mol. The van der Waals surface area contributed by atoms with E-state index in [-0.39, 0.29) is 12.0 Å². The van der Waals surface area contributed by atoms with Crippen LogP contribution in [0.5, 0.6) is 0 Å². The summed E-state index contributed by atoms with van der Waals surface area (Å²) >= 11 is 1.82. The molecule has 3 atom stereocenters. The number of amides is 1. The molecule has 4 heteroatoms. The highest BCUT2D eigenvalue weighted by atomic mass is 32.1. The number of carbonyl (C=O) groups excluding carboxylic acids is 1. The average Bonchev–Trinajstić information content (AvgIpc) is 3.07. The number of fused-ring (bicyclic) bond motifs is 1. The molecule has 0 bridgehead atoms. The normalized spacial score (nSPS) is 30.4. The number of rotatable bonds is 2. The van der Waals surface area contributed by atoms with Crippen molar-refractivity contribution in [2.45, 2.75) is 38.6 Å². The maximum atomic E-state index is 12.8. The van der Waals surface area contributed by atoms with E-state index >= 15 is 0 Å². The van der Waals surface area contributed by atoms with E-state index in [9.17, 15) is 4.79 Å². The highest BCUT2D eigenvalue weighted by Gasteiger charge is 2.37. The minimum atomic E-state index is 0.174. The Balaban J connectivity index is 1.78. The van der Waals surface area contributed by atoms with Crippen LogP contribution in [0, 0.1) is 11.8 Å². The van der Waals surface area contributed by atoms with Gasteiger partial charge in [-0.1, -0.05) is 6.42 Å². The molecule has 1 aromatic heterocycles. The fourth-order valence-electron chi connectivity index (χ4n) is 3.67. The lowest BCUT2D eigenvalue weighted by molar-refractivity contribution is -0.139. The fraction of sp³-hybridized carbons (Fsp3) is 0.667. The van der Waals surface area contributed by atoms with Crippen molar-refractivity contribution in [2.75, 3.05) is 13.1 Å². The van der Waals surface area contributed by atoms with Gasteiger partial charge in [-0.2, -0.15) is 0 Å². The van der Waals surface area contributed by atoms with E-state index in [4.69, 9.17) is 5.73 Å². The van der Waals surface area contributed by atoms with E-state index in [0.717, 1.165) is 32.2 Å². The molecule has 2 heterocycles. The molecule has 19 heavy (non-hydrogen) atoms. The predicted molar refractivity (Wildman–Crippen MR) is 78.0 cm³/mol. The van der Waals surface area contributed by atoms with Crippen molar-refractivity contribution < 1.29 is 4.79 Å². The van der Waals surface area contributed by atoms with Crippen molar-refractivity contribution in [2.24, 2.45) is 17.6 Å². The summed E-state index contributed by atoms with van der Waals surface area (Å²) in [4.78, 5) is 16.3. The van der Waals surface area contributed by atoms with Crippen molar-refractivity contribution in [3.8, 4) is 0 Å². The maximum absolute atomic E-state index is 12.8. The van der Waals surface area contributed by atoms with Gasteiger partial charge in [0.1, 0.15) is 0 Å². The van der Waals surface area contributed by atoms with E-state index in [2.05, 4.69) is 23.3 Å². The smallest absolute Gasteiger partial charge is 0.226 e. The van der Waals surface area contributed by atoms with Gasteiger partial charge < -0.3 is 10.6 Å². The molecule has 2 aliphatic rings. The molecule has 2 N–H and O–H groups in total. The Hall–Kier alpha value is -0.870. The van der Waals surface area contributed by atoms with Crippen LogP contribution >= 0.6 is 11.3 Å². The first-order chi connectivity index (χ1) is 9.22. The molecule has 3 unspecified atom stereocenters. The molecule has 1 aromatic rings. The van der Waals surface area contributed by atoms with Gasteiger partial charge in [-0.15, -0.1) is 11.3 Å². The Morgan fingerprint density at radius 2 is 2.37 bits per heavy atom. The Morgan fingerprint density at radius 3 is 3.16 bits per heavy atom. The van der Waals surface area contributed by atoms with E-state index in [0.29, 0.717) is 18.4 Å². The number of hydrogen-bond donors (Lipinski definition) is 1. The van der Waals surface area contributed by atoms with Gasteiger partial charge in [0, 0.05) is 17.3 Å². The number of nitrogens with zero attached hydrogens (tertiary/aromatic N) is 1. The second-order valence-electron chi connectivity index (χ2n) is 5.79. The van der Waals surface area contributed by atoms with Crippen molar-refractivity contribution in [3.05, 3.63) is 21.9 Å². The first-order valence-electron chi connectivity index (χ1n) is 7.29. The third-order valence-electron chi connectivity index (χ3n) is 4.84. The van der Waals surface area contributed by atoms with Gasteiger partial charge in [-0.3, -0.25) is 4.79 Å². The van der Waals surface area contributed by atoms with Gasteiger partial charge in [0.2, 0.25) is 5.91 Å². The lowest BCUT2D eigenvalue weighted by atomic mass is 9.92. The second kappa shape index (κ2) is 5.25. The van der Waals surface area contributed by atoms with Crippen LogP contribution in [0.4, 0.5) is 0 Å². The highest BCUT2D eigenvalue weighted by molar-refractivity contribution is 7.10. The van der Waals surface area contributed by atoms with Crippen LogP contribution in [-0.4, -0.2) is 23.9 Å². The van der Waals surface area contributed by atoms with Gasteiger partial charge in [0.05, 0.1) is 6.04 Å². The molecule has 3 nitrogen and oxygen atoms in total. The molecule has 0 aromatic carbocycles. The first kappa shape index (κ1) is 13.1. The van der Waals surface area contributed by atoms with Crippen LogP contribution in [0.2, 0.25) is 0 Å². The Labute approximate surface area is 118 Å². The minimum Gasteiger partial charge on any atom is -0.335 e. The lowest BCUT2D eigenvalue weighted by Gasteiger charge is -2.36. The second-order valence-corrected chi connectivity index (χ2v) is 6.79. The monoisotopic (exact) mass is 278 g/mol. The number of thiophene rings is 1. The van der Waals surface area contributed by atoms with E-state index in [1.807, 2.05) is 11.3 Å². The van der Waals surface area contributed by atoms with E-state index < -0.39 is 0 Å². The minimum absolute atomic E-state index is 0.174. The van der Waals surface area contributed by atoms with E-state index in [1.54, 1.807) is 0 Å². The van der Waals surface area contributed by atoms with Gasteiger partial charge in [-0.25, -0.2) is 0 Å². The third-order valence-corrected chi connectivity index (χ3v) is 5.84. The molecule has 1 saturated carbocycles. The summed E-state index contributed by atoms with van der Waals surface area (Å²) in [6.07, 6.45) is 4.33. The summed E-state index contributed by atoms with van der Waals surface area (Å²) < 4.78 is 0. The maximum Gasteiger partial charge on any atom is 0.226 e. The van der Waals surface area contributed by atoms with Crippen LogP contribution < -0.4 is 5.73 Å². The Kier molecular flexibility index (Phi) is 3.63. The molecule has 3 rings (SSSR count). The van der Waals surface area contributed by atoms with Gasteiger partial charge in [-0.05, 0) is 55.7 Å². The molecule has 0 radical (unpaired) electrons. The molecular weight excluding hydrogens is 256 g/mol. The Bertz CT molecular complexity index is 470. The van der Waals surface area contributed by atoms with Crippen LogP contribution in [-0.2, 0) is 11.2 Å². The zero-order chi connectivity index (χ0) is 13.4. The summed E-state index contributed by atoms with van der Waals surface area (Å²) in [5, 5.41) is 2.15. The summed E-state index contributed by atoms with van der Waals surface area (Å²) in [5.41, 5.74) is 7.17. The molecule has 1 aliphatic heterocycles. The first-order valence-corrected chi connectivity index (χ1v) is 8.17. The summed E-state index contributed by atoms with van der Waals surface area (Å²) in [5.74, 6) is 0.925. The quantitative estimate of drug-likeness (QED) is 0.903. The summed E-state index contributed by atoms with van der Waals surface area (Å²) in [7, 11) is 0. The van der Waals surface area contributed by atoms with Crippen LogP contribution in [0.25, 0.3) is 0 Å². The van der Waals surface area contributed by atoms with Gasteiger partial charge >= 0.3 is 0 Å². The van der Waals surface area contributed by atoms with Crippen molar-refractivity contribution in [1.29, 1.82) is 0 Å². The molecule has 1 fully saturated rings. The summed E-state index contributed by atoms with van der Waals surface area (Å²) in [6, 6.07) is 2.42. The molecular formula is C15H22N2OS. The van der Waals surface area contributed by atoms with Crippen molar-refractivity contribution in [3.63, 3.8) is 0 Å². The largest absolute Gasteiger partial charge is 0.335 e. The Morgan fingerprint density at radius 1 is 1.53 bits per heavy atom. The van der Waals surface area contributed by atoms with Gasteiger partial charge in [0.25, 0.3) is 0 Å². The number of hydrogen-bond acceptors (Lipinski definition) is 3. The molecule has 1 aliphatic carbocycles. The van der Waals surface area contributed by atoms with Crippen molar-refractivity contribution >= 4 is 17.2 Å². The molecule has 0 saturated heterocycles. The van der Waals surface area contributed by atoms with Crippen molar-refractivity contribution in [1.82, 2.24) is 4.90 Å². The predicted octanol–water partition coefficient (Wildman–Crippen LogP) is 2.57. The summed E-state index contributed by atoms with van der Waals surface area (Å²) in [6.45, 7) is 3.69. The van der Waals surface area contributed by atoms with Crippen LogP contribution in [0.15, 0.2) is 11.4 Å². The zero-order valence-corrected chi connectivity index (χ0v) is 12.3. The topological polar surface area (TPSA) is 46.3 Å². The third kappa shape index (κ3) is 2.21. The standard InChI is InChI=1S/C15H22N2OS/c1-10-12-6-8-19-14(12)5-7-17(10)15(18)13-4-2-3-11(13)9-16/h6,8,10-11,13H,2-5,7,9,16H2,1H3. The fourth-order valence-corrected chi connectivity index (χ4v) is 4.63. The van der Waals surface area contributed by atoms with Crippen LogP contribution in [0.3, 0.4) is 0 Å². The molecule has 0 spiro atoms. The highest BCUT2D eigenvalue weighted by Crippen LogP contribution is 2.38. The zero-order valence-electron chi connectivity index (χ0n) is 11.5. The number of nitrogens with two attached hydrogens (primary N) is 1. The SMILES string of the molecule is CC1c2ccsc2CCN1C(=O)C1CCCC1CN. The lowest BCUT2D eigenvalue weighted by Crippen LogP contribution is -2.43. The molecule has 1 amide bonds. The van der Waals surface area contributed by atoms with Crippen LogP contribution in [0.1, 0.15) is 42.7 Å². The van der Waals surface area contributed by atoms with E-state index in [1.165, 1.54) is 10.4 Å².